The lowest BCUT2D eigenvalue weighted by Gasteiger charge is -2.47. The number of methoxy groups -OCH3 is 3. The highest BCUT2D eigenvalue weighted by Crippen LogP contribution is 2.43. The second-order valence-electron chi connectivity index (χ2n) is 12.9. The summed E-state index contributed by atoms with van der Waals surface area (Å²) in [6.07, 6.45) is 4.87. The van der Waals surface area contributed by atoms with E-state index in [0.717, 1.165) is 42.6 Å². The lowest BCUT2D eigenvalue weighted by Crippen LogP contribution is -2.58. The van der Waals surface area contributed by atoms with Gasteiger partial charge in [-0.1, -0.05) is 6.07 Å². The fraction of sp³-hybridized carbons (Fsp3) is 0.618. The van der Waals surface area contributed by atoms with Crippen LogP contribution in [0.1, 0.15) is 63.1 Å². The Kier molecular flexibility index (Phi) is 11.7. The molecule has 248 valence electrons. The van der Waals surface area contributed by atoms with Crippen LogP contribution in [0.25, 0.3) is 0 Å². The third-order valence-electron chi connectivity index (χ3n) is 8.32. The molecular formula is C34H49N3O8. The number of carbonyl (C=O) groups excluding carboxylic acids is 2. The number of amides is 2. The van der Waals surface area contributed by atoms with Crippen molar-refractivity contribution in [2.75, 3.05) is 54.2 Å². The maximum absolute atomic E-state index is 14.8. The summed E-state index contributed by atoms with van der Waals surface area (Å²) in [7, 11) is 4.89. The summed E-state index contributed by atoms with van der Waals surface area (Å²) in [6, 6.07) is 9.46. The minimum absolute atomic E-state index is 0.0677. The van der Waals surface area contributed by atoms with Gasteiger partial charge in [-0.15, -0.1) is 0 Å². The van der Waals surface area contributed by atoms with Gasteiger partial charge >= 0.3 is 6.09 Å². The Hall–Kier alpha value is -3.41. The van der Waals surface area contributed by atoms with Crippen molar-refractivity contribution in [1.29, 1.82) is 0 Å². The van der Waals surface area contributed by atoms with Crippen molar-refractivity contribution in [3.05, 3.63) is 63.6 Å². The van der Waals surface area contributed by atoms with Crippen molar-refractivity contribution in [2.24, 2.45) is 5.92 Å². The quantitative estimate of drug-likeness (QED) is 0.309. The number of benzene rings is 1. The second-order valence-corrected chi connectivity index (χ2v) is 12.9. The molecule has 2 amide bonds. The summed E-state index contributed by atoms with van der Waals surface area (Å²) < 4.78 is 28.3. The van der Waals surface area contributed by atoms with Crippen molar-refractivity contribution in [1.82, 2.24) is 14.8 Å². The van der Waals surface area contributed by atoms with E-state index in [1.54, 1.807) is 38.5 Å². The van der Waals surface area contributed by atoms with Crippen molar-refractivity contribution < 1.29 is 33.3 Å². The lowest BCUT2D eigenvalue weighted by atomic mass is 9.75. The van der Waals surface area contributed by atoms with E-state index in [2.05, 4.69) is 11.1 Å². The Labute approximate surface area is 266 Å². The maximum atomic E-state index is 14.8. The van der Waals surface area contributed by atoms with Crippen LogP contribution in [-0.2, 0) is 42.3 Å². The molecule has 2 fully saturated rings. The van der Waals surface area contributed by atoms with Gasteiger partial charge in [-0.3, -0.25) is 9.59 Å². The number of pyridine rings is 1. The summed E-state index contributed by atoms with van der Waals surface area (Å²) in [6.45, 7) is 7.77. The van der Waals surface area contributed by atoms with Crippen molar-refractivity contribution in [2.45, 2.75) is 76.7 Å². The van der Waals surface area contributed by atoms with E-state index >= 15 is 0 Å². The number of H-pyrrole nitrogens is 1. The molecule has 1 aromatic heterocycles. The van der Waals surface area contributed by atoms with Gasteiger partial charge in [0.2, 0.25) is 11.5 Å². The Balaban J connectivity index is 1.68. The minimum atomic E-state index is -1.10. The third kappa shape index (κ3) is 9.08. The molecule has 2 aliphatic rings. The summed E-state index contributed by atoms with van der Waals surface area (Å²) in [5, 5.41) is 0. The van der Waals surface area contributed by atoms with Crippen molar-refractivity contribution in [3.8, 4) is 5.75 Å². The van der Waals surface area contributed by atoms with E-state index in [1.807, 2.05) is 37.8 Å². The van der Waals surface area contributed by atoms with Crippen LogP contribution in [0.4, 0.5) is 4.79 Å². The molecule has 1 aromatic carbocycles. The van der Waals surface area contributed by atoms with Crippen LogP contribution in [0.5, 0.6) is 5.75 Å². The van der Waals surface area contributed by atoms with Crippen LogP contribution in [0.3, 0.4) is 0 Å². The normalized spacial score (nSPS) is 20.1. The number of ether oxygens (including phenoxy) is 5. The lowest BCUT2D eigenvalue weighted by molar-refractivity contribution is -0.160. The maximum Gasteiger partial charge on any atom is 0.410 e. The molecule has 2 atom stereocenters. The number of piperidine rings is 1. The predicted molar refractivity (Wildman–Crippen MR) is 169 cm³/mol. The fourth-order valence-corrected chi connectivity index (χ4v) is 6.00. The first kappa shape index (κ1) is 34.5. The molecule has 1 saturated heterocycles. The summed E-state index contributed by atoms with van der Waals surface area (Å²) >= 11 is 0. The van der Waals surface area contributed by atoms with Crippen LogP contribution in [0.2, 0.25) is 0 Å². The van der Waals surface area contributed by atoms with Gasteiger partial charge < -0.3 is 38.5 Å². The monoisotopic (exact) mass is 627 g/mol. The standard InChI is InChI=1S/C34H49N3O8/c1-33(2,3)45-32(40)36-14-12-34(43-6,26-11-13-35-30(38)21-26)29(23-36)31(39)37(27-9-10-27)22-25-18-24(8-7-15-41-4)19-28(20-25)44-17-16-42-5/h11,13,18-21,27,29H,7-10,12,14-17,22-23H2,1-6H3,(H,35,38)/t29-,34+/m1/s1. The molecule has 1 saturated carbocycles. The van der Waals surface area contributed by atoms with Gasteiger partial charge in [-0.05, 0) is 87.8 Å². The summed E-state index contributed by atoms with van der Waals surface area (Å²) in [5.74, 6) is -0.170. The molecule has 1 aliphatic carbocycles. The third-order valence-corrected chi connectivity index (χ3v) is 8.32. The van der Waals surface area contributed by atoms with E-state index < -0.39 is 23.2 Å². The molecule has 1 aliphatic heterocycles. The first-order chi connectivity index (χ1) is 21.5. The number of carbonyl (C=O) groups is 2. The van der Waals surface area contributed by atoms with Crippen LogP contribution < -0.4 is 10.3 Å². The number of aryl methyl sites for hydroxylation is 1. The highest BCUT2D eigenvalue weighted by Gasteiger charge is 2.52. The van der Waals surface area contributed by atoms with Gasteiger partial charge in [0.25, 0.3) is 0 Å². The number of hydrogen-bond acceptors (Lipinski definition) is 8. The van der Waals surface area contributed by atoms with E-state index in [-0.39, 0.29) is 24.1 Å². The molecule has 2 aromatic rings. The highest BCUT2D eigenvalue weighted by atomic mass is 16.6. The first-order valence-electron chi connectivity index (χ1n) is 15.8. The molecule has 0 unspecified atom stereocenters. The Morgan fingerprint density at radius 2 is 1.76 bits per heavy atom. The zero-order chi connectivity index (χ0) is 32.6. The molecule has 0 bridgehead atoms. The molecule has 2 heterocycles. The topological polar surface area (TPSA) is 120 Å². The largest absolute Gasteiger partial charge is 0.491 e. The molecular weight excluding hydrogens is 578 g/mol. The number of nitrogens with one attached hydrogen (secondary N) is 1. The fourth-order valence-electron chi connectivity index (χ4n) is 6.00. The number of rotatable bonds is 14. The van der Waals surface area contributed by atoms with Crippen LogP contribution in [0.15, 0.2) is 41.3 Å². The van der Waals surface area contributed by atoms with Crippen molar-refractivity contribution in [3.63, 3.8) is 0 Å². The van der Waals surface area contributed by atoms with Crippen LogP contribution in [0, 0.1) is 5.92 Å². The zero-order valence-corrected chi connectivity index (χ0v) is 27.6. The van der Waals surface area contributed by atoms with Crippen LogP contribution >= 0.6 is 0 Å². The van der Waals surface area contributed by atoms with Gasteiger partial charge in [0.15, 0.2) is 0 Å². The molecule has 0 radical (unpaired) electrons. The van der Waals surface area contributed by atoms with E-state index in [4.69, 9.17) is 23.7 Å². The zero-order valence-electron chi connectivity index (χ0n) is 27.6. The molecule has 45 heavy (non-hydrogen) atoms. The SMILES string of the molecule is COCCCc1cc(CN(C(=O)[C@H]2CN(C(=O)OC(C)(C)C)CC[C@]2(OC)c2cc[nH]c(=O)c2)C2CC2)cc(OCCOC)c1. The smallest absolute Gasteiger partial charge is 0.410 e. The van der Waals surface area contributed by atoms with Gasteiger partial charge in [0, 0.05) is 65.9 Å². The molecule has 4 rings (SSSR count). The Morgan fingerprint density at radius 1 is 1.02 bits per heavy atom. The van der Waals surface area contributed by atoms with E-state index in [9.17, 15) is 14.4 Å². The molecule has 0 spiro atoms. The molecule has 1 N–H and O–H groups in total. The number of aromatic nitrogens is 1. The number of hydrogen-bond donors (Lipinski definition) is 1. The highest BCUT2D eigenvalue weighted by molar-refractivity contribution is 5.82. The number of nitrogens with zero attached hydrogens (tertiary/aromatic N) is 2. The first-order valence-corrected chi connectivity index (χ1v) is 15.8. The van der Waals surface area contributed by atoms with E-state index in [0.29, 0.717) is 44.9 Å². The number of likely N-dealkylation sites (tertiary alicyclic amines) is 1. The Bertz CT molecular complexity index is 1320. The minimum Gasteiger partial charge on any atom is -0.491 e. The summed E-state index contributed by atoms with van der Waals surface area (Å²) in [4.78, 5) is 46.6. The van der Waals surface area contributed by atoms with E-state index in [1.165, 1.54) is 6.07 Å². The van der Waals surface area contributed by atoms with Gasteiger partial charge in [0.1, 0.15) is 23.6 Å². The van der Waals surface area contributed by atoms with Crippen molar-refractivity contribution >= 4 is 12.0 Å². The van der Waals surface area contributed by atoms with Crippen LogP contribution in [-0.4, -0.2) is 92.7 Å². The second kappa shape index (κ2) is 15.2. The number of aromatic amines is 1. The average Bonchev–Trinajstić information content (AvgIpc) is 3.84. The van der Waals surface area contributed by atoms with Gasteiger partial charge in [-0.2, -0.15) is 0 Å². The summed E-state index contributed by atoms with van der Waals surface area (Å²) in [5.41, 5.74) is 0.597. The molecule has 11 heteroatoms. The molecule has 11 nitrogen and oxygen atoms in total. The predicted octanol–water partition coefficient (Wildman–Crippen LogP) is 4.27. The van der Waals surface area contributed by atoms with Gasteiger partial charge in [0.05, 0.1) is 12.5 Å². The van der Waals surface area contributed by atoms with Gasteiger partial charge in [-0.25, -0.2) is 4.79 Å². The Morgan fingerprint density at radius 3 is 2.40 bits per heavy atom. The average molecular weight is 628 g/mol.